The monoisotopic (exact) mass is 390 g/mol. The molecular weight excluding hydrogens is 367 g/mol. The molecule has 148 valence electrons. The first-order valence-corrected chi connectivity index (χ1v) is 9.80. The average molecular weight is 390 g/mol. The van der Waals surface area contributed by atoms with E-state index in [-0.39, 0.29) is 24.1 Å². The van der Waals surface area contributed by atoms with Crippen LogP contribution in [0.1, 0.15) is 28.9 Å². The van der Waals surface area contributed by atoms with E-state index < -0.39 is 0 Å². The van der Waals surface area contributed by atoms with Crippen LogP contribution in [0.4, 0.5) is 10.1 Å². The number of aromatic nitrogens is 2. The van der Waals surface area contributed by atoms with Crippen molar-refractivity contribution in [3.05, 3.63) is 78.0 Å². The van der Waals surface area contributed by atoms with E-state index in [2.05, 4.69) is 14.9 Å². The predicted molar refractivity (Wildman–Crippen MR) is 111 cm³/mol. The van der Waals surface area contributed by atoms with E-state index in [9.17, 15) is 9.18 Å². The first-order chi connectivity index (χ1) is 14.1. The minimum Gasteiger partial charge on any atom is -0.370 e. The number of hydrogen-bond acceptors (Lipinski definition) is 5. The largest absolute Gasteiger partial charge is 0.370 e. The molecule has 29 heavy (non-hydrogen) atoms. The molecule has 0 amide bonds. The minimum absolute atomic E-state index is 0.126. The third-order valence-corrected chi connectivity index (χ3v) is 5.21. The van der Waals surface area contributed by atoms with Gasteiger partial charge in [-0.05, 0) is 43.2 Å². The molecule has 0 saturated carbocycles. The van der Waals surface area contributed by atoms with Crippen molar-refractivity contribution in [3.63, 3.8) is 0 Å². The summed E-state index contributed by atoms with van der Waals surface area (Å²) in [5.74, 6) is -0.487. The number of piperidine rings is 1. The van der Waals surface area contributed by atoms with Crippen molar-refractivity contribution in [2.75, 3.05) is 18.0 Å². The smallest absolute Gasteiger partial charge is 0.185 e. The van der Waals surface area contributed by atoms with Gasteiger partial charge in [0.1, 0.15) is 11.5 Å². The maximum atomic E-state index is 14.1. The van der Waals surface area contributed by atoms with E-state index in [4.69, 9.17) is 5.73 Å². The lowest BCUT2D eigenvalue weighted by Gasteiger charge is -2.33. The van der Waals surface area contributed by atoms with Crippen molar-refractivity contribution >= 4 is 11.5 Å². The molecule has 2 aromatic heterocycles. The van der Waals surface area contributed by atoms with Crippen LogP contribution in [0.3, 0.4) is 0 Å². The van der Waals surface area contributed by atoms with Gasteiger partial charge in [-0.3, -0.25) is 9.78 Å². The van der Waals surface area contributed by atoms with Crippen molar-refractivity contribution in [3.8, 4) is 11.3 Å². The molecule has 0 radical (unpaired) electrons. The summed E-state index contributed by atoms with van der Waals surface area (Å²) < 4.78 is 14.1. The molecule has 0 unspecified atom stereocenters. The number of nitrogens with zero attached hydrogens (tertiary/aromatic N) is 3. The fraction of sp³-hybridized carbons (Fsp3) is 0.261. The number of ketones is 1. The lowest BCUT2D eigenvalue weighted by molar-refractivity contribution is 0.0988. The van der Waals surface area contributed by atoms with Gasteiger partial charge in [0.15, 0.2) is 5.78 Å². The van der Waals surface area contributed by atoms with E-state index in [0.717, 1.165) is 37.2 Å². The predicted octanol–water partition coefficient (Wildman–Crippen LogP) is 3.64. The van der Waals surface area contributed by atoms with Crippen LogP contribution in [0.5, 0.6) is 0 Å². The number of Topliss-reactive ketones (excluding diaryl/α,β-unsaturated/α-hetero) is 1. The Labute approximate surface area is 169 Å². The topological polar surface area (TPSA) is 72.1 Å². The van der Waals surface area contributed by atoms with Crippen LogP contribution < -0.4 is 10.6 Å². The maximum Gasteiger partial charge on any atom is 0.185 e. The molecule has 1 aromatic carbocycles. The summed E-state index contributed by atoms with van der Waals surface area (Å²) in [4.78, 5) is 23.8. The first kappa shape index (κ1) is 19.2. The summed E-state index contributed by atoms with van der Waals surface area (Å²) in [5.41, 5.74) is 9.11. The lowest BCUT2D eigenvalue weighted by Crippen LogP contribution is -2.43. The highest BCUT2D eigenvalue weighted by Gasteiger charge is 2.21. The second kappa shape index (κ2) is 8.49. The molecule has 1 aliphatic rings. The van der Waals surface area contributed by atoms with Gasteiger partial charge in [0.2, 0.25) is 0 Å². The van der Waals surface area contributed by atoms with Crippen molar-refractivity contribution in [1.82, 2.24) is 9.97 Å². The summed E-state index contributed by atoms with van der Waals surface area (Å²) in [6.45, 7) is 1.69. The van der Waals surface area contributed by atoms with Crippen LogP contribution in [0.15, 0.2) is 60.9 Å². The first-order valence-electron chi connectivity index (χ1n) is 9.80. The summed E-state index contributed by atoms with van der Waals surface area (Å²) in [7, 11) is 0. The Hall–Kier alpha value is -3.12. The number of carbonyl (C=O) groups is 1. The molecule has 4 rings (SSSR count). The highest BCUT2D eigenvalue weighted by Crippen LogP contribution is 2.25. The normalized spacial score (nSPS) is 16.6. The highest BCUT2D eigenvalue weighted by molar-refractivity contribution is 5.97. The van der Waals surface area contributed by atoms with Gasteiger partial charge in [-0.25, -0.2) is 9.37 Å². The highest BCUT2D eigenvalue weighted by atomic mass is 19.1. The molecule has 0 spiro atoms. The third-order valence-electron chi connectivity index (χ3n) is 5.21. The Balaban J connectivity index is 1.58. The Kier molecular flexibility index (Phi) is 5.62. The Morgan fingerprint density at radius 1 is 1.17 bits per heavy atom. The van der Waals surface area contributed by atoms with E-state index in [0.29, 0.717) is 17.0 Å². The minimum atomic E-state index is -0.361. The fourth-order valence-corrected chi connectivity index (χ4v) is 3.77. The molecule has 0 aliphatic carbocycles. The average Bonchev–Trinajstić information content (AvgIpc) is 2.74. The van der Waals surface area contributed by atoms with Crippen LogP contribution >= 0.6 is 0 Å². The van der Waals surface area contributed by atoms with Gasteiger partial charge in [0.25, 0.3) is 0 Å². The molecule has 0 bridgehead atoms. The van der Waals surface area contributed by atoms with Crippen LogP contribution in [-0.4, -0.2) is 34.9 Å². The SMILES string of the molecule is N[C@H]1CCCN(c2ccncc2CC(=O)c2cccc(-c3ccccc3F)n2)C1. The number of halogens is 1. The van der Waals surface area contributed by atoms with Gasteiger partial charge in [-0.1, -0.05) is 18.2 Å². The van der Waals surface area contributed by atoms with Crippen molar-refractivity contribution < 1.29 is 9.18 Å². The summed E-state index contributed by atoms with van der Waals surface area (Å²) in [6, 6.07) is 13.6. The van der Waals surface area contributed by atoms with Crippen molar-refractivity contribution in [1.29, 1.82) is 0 Å². The Bertz CT molecular complexity index is 1020. The number of hydrogen-bond donors (Lipinski definition) is 1. The maximum absolute atomic E-state index is 14.1. The number of pyridine rings is 2. The summed E-state index contributed by atoms with van der Waals surface area (Å²) in [6.07, 6.45) is 5.70. The van der Waals surface area contributed by atoms with Crippen LogP contribution in [0.2, 0.25) is 0 Å². The molecule has 1 saturated heterocycles. The van der Waals surface area contributed by atoms with Gasteiger partial charge < -0.3 is 10.6 Å². The van der Waals surface area contributed by atoms with Crippen LogP contribution in [-0.2, 0) is 6.42 Å². The second-order valence-electron chi connectivity index (χ2n) is 7.34. The Morgan fingerprint density at radius 3 is 2.86 bits per heavy atom. The third kappa shape index (κ3) is 4.32. The number of benzene rings is 1. The quantitative estimate of drug-likeness (QED) is 0.674. The van der Waals surface area contributed by atoms with Gasteiger partial charge in [-0.15, -0.1) is 0 Å². The zero-order valence-corrected chi connectivity index (χ0v) is 16.1. The summed E-state index contributed by atoms with van der Waals surface area (Å²) in [5, 5.41) is 0. The Morgan fingerprint density at radius 2 is 2.03 bits per heavy atom. The zero-order valence-electron chi connectivity index (χ0n) is 16.1. The fourth-order valence-electron chi connectivity index (χ4n) is 3.77. The van der Waals surface area contributed by atoms with Crippen molar-refractivity contribution in [2.45, 2.75) is 25.3 Å². The molecule has 1 fully saturated rings. The van der Waals surface area contributed by atoms with E-state index in [1.165, 1.54) is 6.07 Å². The molecule has 2 N–H and O–H groups in total. The van der Waals surface area contributed by atoms with E-state index in [1.54, 1.807) is 48.8 Å². The standard InChI is InChI=1S/C23H23FN4O/c24-19-7-2-1-6-18(19)20-8-3-9-21(27-20)23(29)13-16-14-26-11-10-22(16)28-12-4-5-17(25)15-28/h1-3,6-11,14,17H,4-5,12-13,15,25H2/t17-/m0/s1. The molecule has 6 heteroatoms. The zero-order chi connectivity index (χ0) is 20.2. The number of anilines is 1. The van der Waals surface area contributed by atoms with Gasteiger partial charge in [0.05, 0.1) is 5.69 Å². The molecule has 1 atom stereocenters. The van der Waals surface area contributed by atoms with E-state index >= 15 is 0 Å². The van der Waals surface area contributed by atoms with Crippen LogP contribution in [0, 0.1) is 5.82 Å². The number of nitrogens with two attached hydrogens (primary N) is 1. The van der Waals surface area contributed by atoms with Gasteiger partial charge >= 0.3 is 0 Å². The van der Waals surface area contributed by atoms with Gasteiger partial charge in [0, 0.05) is 54.8 Å². The molecular formula is C23H23FN4O. The van der Waals surface area contributed by atoms with Crippen LogP contribution in [0.25, 0.3) is 11.3 Å². The second-order valence-corrected chi connectivity index (χ2v) is 7.34. The molecule has 3 aromatic rings. The van der Waals surface area contributed by atoms with E-state index in [1.807, 2.05) is 6.07 Å². The number of carbonyl (C=O) groups excluding carboxylic acids is 1. The summed E-state index contributed by atoms with van der Waals surface area (Å²) >= 11 is 0. The molecule has 3 heterocycles. The van der Waals surface area contributed by atoms with Gasteiger partial charge in [-0.2, -0.15) is 0 Å². The van der Waals surface area contributed by atoms with Crippen molar-refractivity contribution in [2.24, 2.45) is 5.73 Å². The molecule has 1 aliphatic heterocycles. The number of rotatable bonds is 5. The molecule has 5 nitrogen and oxygen atoms in total. The lowest BCUT2D eigenvalue weighted by atomic mass is 10.0.